The van der Waals surface area contributed by atoms with Crippen molar-refractivity contribution in [2.75, 3.05) is 0 Å². The van der Waals surface area contributed by atoms with Gasteiger partial charge in [0.05, 0.1) is 5.69 Å². The van der Waals surface area contributed by atoms with E-state index in [-0.39, 0.29) is 0 Å². The maximum absolute atomic E-state index is 8.32. The van der Waals surface area contributed by atoms with Gasteiger partial charge in [-0.2, -0.15) is 0 Å². The van der Waals surface area contributed by atoms with Crippen LogP contribution < -0.4 is 0 Å². The molecule has 2 heterocycles. The molecule has 2 aromatic rings. The predicted molar refractivity (Wildman–Crippen MR) is 52.6 cm³/mol. The first-order chi connectivity index (χ1) is 6.33. The molecular formula is C7H4BrN5. The Hall–Kier alpha value is -1.52. The minimum atomic E-state index is 0.570. The van der Waals surface area contributed by atoms with Gasteiger partial charge in [0.25, 0.3) is 0 Å². The Labute approximate surface area is 81.5 Å². The number of nitrogens with zero attached hydrogens (tertiary/aromatic N) is 4. The third-order valence-corrected chi connectivity index (χ3v) is 2.28. The number of fused-ring (bicyclic) bond motifs is 1. The van der Waals surface area contributed by atoms with Crippen molar-refractivity contribution in [3.63, 3.8) is 0 Å². The lowest BCUT2D eigenvalue weighted by Gasteiger charge is -1.93. The summed E-state index contributed by atoms with van der Waals surface area (Å²) in [5.74, 6) is 0. The number of aromatic amines is 1. The van der Waals surface area contributed by atoms with Crippen LogP contribution in [0.15, 0.2) is 28.0 Å². The average Bonchev–Trinajstić information content (AvgIpc) is 2.50. The first-order valence-corrected chi connectivity index (χ1v) is 4.29. The van der Waals surface area contributed by atoms with Gasteiger partial charge in [0, 0.05) is 27.2 Å². The van der Waals surface area contributed by atoms with E-state index in [4.69, 9.17) is 5.53 Å². The molecule has 2 rings (SSSR count). The summed E-state index contributed by atoms with van der Waals surface area (Å²) in [4.78, 5) is 9.76. The topological polar surface area (TPSA) is 77.4 Å². The third-order valence-electron chi connectivity index (χ3n) is 1.66. The molecule has 0 aliphatic carbocycles. The average molecular weight is 238 g/mol. The first-order valence-electron chi connectivity index (χ1n) is 3.49. The zero-order valence-electron chi connectivity index (χ0n) is 6.40. The van der Waals surface area contributed by atoms with Crippen LogP contribution in [0.5, 0.6) is 0 Å². The summed E-state index contributed by atoms with van der Waals surface area (Å²) in [6.07, 6.45) is 3.35. The monoisotopic (exact) mass is 237 g/mol. The fourth-order valence-corrected chi connectivity index (χ4v) is 1.64. The van der Waals surface area contributed by atoms with Gasteiger partial charge in [0.2, 0.25) is 0 Å². The van der Waals surface area contributed by atoms with Crippen LogP contribution in [-0.4, -0.2) is 9.97 Å². The molecule has 0 spiro atoms. The van der Waals surface area contributed by atoms with Gasteiger partial charge in [-0.3, -0.25) is 0 Å². The molecule has 64 valence electrons. The molecule has 0 atom stereocenters. The zero-order chi connectivity index (χ0) is 9.26. The van der Waals surface area contributed by atoms with Crippen LogP contribution in [0.2, 0.25) is 0 Å². The summed E-state index contributed by atoms with van der Waals surface area (Å²) in [5, 5.41) is 4.36. The van der Waals surface area contributed by atoms with E-state index < -0.39 is 0 Å². The highest BCUT2D eigenvalue weighted by Crippen LogP contribution is 2.30. The summed E-state index contributed by atoms with van der Waals surface area (Å²) in [6, 6.07) is 1.67. The second kappa shape index (κ2) is 3.08. The normalized spacial score (nSPS) is 9.92. The molecule has 0 aromatic carbocycles. The summed E-state index contributed by atoms with van der Waals surface area (Å²) >= 11 is 3.33. The number of hydrogen-bond acceptors (Lipinski definition) is 2. The van der Waals surface area contributed by atoms with Crippen LogP contribution in [-0.2, 0) is 0 Å². The number of rotatable bonds is 1. The van der Waals surface area contributed by atoms with Gasteiger partial charge in [-0.05, 0) is 27.5 Å². The van der Waals surface area contributed by atoms with Crippen LogP contribution in [0.4, 0.5) is 5.69 Å². The minimum Gasteiger partial charge on any atom is -0.345 e. The molecule has 5 nitrogen and oxygen atoms in total. The Morgan fingerprint density at radius 2 is 2.46 bits per heavy atom. The van der Waals surface area contributed by atoms with Gasteiger partial charge in [0.15, 0.2) is 0 Å². The van der Waals surface area contributed by atoms with Gasteiger partial charge in [-0.15, -0.1) is 0 Å². The maximum Gasteiger partial charge on any atom is 0.138 e. The van der Waals surface area contributed by atoms with E-state index in [1.807, 2.05) is 0 Å². The molecule has 6 heteroatoms. The summed E-state index contributed by atoms with van der Waals surface area (Å²) in [7, 11) is 0. The van der Waals surface area contributed by atoms with Crippen molar-refractivity contribution in [3.05, 3.63) is 33.4 Å². The number of halogens is 1. The molecule has 0 amide bonds. The highest BCUT2D eigenvalue weighted by atomic mass is 79.9. The lowest BCUT2D eigenvalue weighted by Crippen LogP contribution is -1.74. The van der Waals surface area contributed by atoms with Crippen molar-refractivity contribution in [2.45, 2.75) is 0 Å². The highest BCUT2D eigenvalue weighted by Gasteiger charge is 2.05. The second-order valence-corrected chi connectivity index (χ2v) is 3.23. The summed E-state index contributed by atoms with van der Waals surface area (Å²) < 4.78 is 0.845. The van der Waals surface area contributed by atoms with Gasteiger partial charge in [-0.1, -0.05) is 5.11 Å². The van der Waals surface area contributed by atoms with Crippen LogP contribution in [0, 0.1) is 0 Å². The van der Waals surface area contributed by atoms with Gasteiger partial charge in [-0.25, -0.2) is 4.98 Å². The van der Waals surface area contributed by atoms with E-state index in [9.17, 15) is 0 Å². The van der Waals surface area contributed by atoms with Gasteiger partial charge < -0.3 is 4.98 Å². The Morgan fingerprint density at radius 1 is 1.62 bits per heavy atom. The maximum atomic E-state index is 8.32. The molecule has 0 aliphatic heterocycles. The molecule has 0 bridgehead atoms. The second-order valence-electron chi connectivity index (χ2n) is 2.38. The van der Waals surface area contributed by atoms with E-state index in [1.54, 1.807) is 18.5 Å². The third kappa shape index (κ3) is 1.26. The molecule has 0 radical (unpaired) electrons. The van der Waals surface area contributed by atoms with Crippen LogP contribution in [0.3, 0.4) is 0 Å². The quantitative estimate of drug-likeness (QED) is 0.461. The molecule has 0 saturated carbocycles. The van der Waals surface area contributed by atoms with Crippen molar-refractivity contribution in [1.29, 1.82) is 0 Å². The lowest BCUT2D eigenvalue weighted by atomic mass is 10.3. The van der Waals surface area contributed by atoms with Crippen LogP contribution in [0.25, 0.3) is 21.5 Å². The SMILES string of the molecule is [N-]=[N+]=Nc1ccnc2[nH]cc(Br)c12. The fraction of sp³-hybridized carbons (Fsp3) is 0. The number of nitrogens with one attached hydrogen (secondary N) is 1. The van der Waals surface area contributed by atoms with Crippen molar-refractivity contribution in [2.24, 2.45) is 5.11 Å². The minimum absolute atomic E-state index is 0.570. The smallest absolute Gasteiger partial charge is 0.138 e. The van der Waals surface area contributed by atoms with Crippen LogP contribution >= 0.6 is 15.9 Å². The molecule has 13 heavy (non-hydrogen) atoms. The largest absolute Gasteiger partial charge is 0.345 e. The standard InChI is InChI=1S/C7H4BrN5/c8-4-3-11-7-6(4)5(12-13-9)1-2-10-7/h1-3H,(H,10,11). The number of azide groups is 1. The molecule has 1 N–H and O–H groups in total. The number of aromatic nitrogens is 2. The van der Waals surface area contributed by atoms with E-state index >= 15 is 0 Å². The van der Waals surface area contributed by atoms with E-state index in [0.717, 1.165) is 9.86 Å². The zero-order valence-corrected chi connectivity index (χ0v) is 7.98. The van der Waals surface area contributed by atoms with Crippen molar-refractivity contribution in [1.82, 2.24) is 9.97 Å². The predicted octanol–water partition coefficient (Wildman–Crippen LogP) is 3.27. The molecule has 0 fully saturated rings. The summed E-state index contributed by atoms with van der Waals surface area (Å²) in [5.41, 5.74) is 9.60. The number of hydrogen-bond donors (Lipinski definition) is 1. The van der Waals surface area contributed by atoms with Gasteiger partial charge in [0.1, 0.15) is 5.65 Å². The van der Waals surface area contributed by atoms with E-state index in [2.05, 4.69) is 35.9 Å². The molecular weight excluding hydrogens is 234 g/mol. The van der Waals surface area contributed by atoms with Crippen LogP contribution in [0.1, 0.15) is 0 Å². The Balaban J connectivity index is 2.87. The number of H-pyrrole nitrogens is 1. The summed E-state index contributed by atoms with van der Waals surface area (Å²) in [6.45, 7) is 0. The number of pyridine rings is 1. The van der Waals surface area contributed by atoms with E-state index in [0.29, 0.717) is 11.3 Å². The molecule has 0 unspecified atom stereocenters. The first kappa shape index (κ1) is 8.10. The van der Waals surface area contributed by atoms with Crippen molar-refractivity contribution < 1.29 is 0 Å². The van der Waals surface area contributed by atoms with Gasteiger partial charge >= 0.3 is 0 Å². The molecule has 2 aromatic heterocycles. The fourth-order valence-electron chi connectivity index (χ4n) is 1.13. The molecule has 0 saturated heterocycles. The lowest BCUT2D eigenvalue weighted by molar-refractivity contribution is 1.32. The van der Waals surface area contributed by atoms with E-state index in [1.165, 1.54) is 0 Å². The van der Waals surface area contributed by atoms with Crippen molar-refractivity contribution in [3.8, 4) is 0 Å². The Kier molecular flexibility index (Phi) is 1.92. The highest BCUT2D eigenvalue weighted by molar-refractivity contribution is 9.10. The Morgan fingerprint density at radius 3 is 3.23 bits per heavy atom. The van der Waals surface area contributed by atoms with Crippen molar-refractivity contribution >= 4 is 32.7 Å². The molecule has 0 aliphatic rings. The Bertz CT molecular complexity index is 497.